The van der Waals surface area contributed by atoms with Crippen LogP contribution in [-0.2, 0) is 21.1 Å². The van der Waals surface area contributed by atoms with Crippen LogP contribution in [0.4, 0.5) is 10.1 Å². The predicted molar refractivity (Wildman–Crippen MR) is 97.0 cm³/mol. The minimum absolute atomic E-state index is 0.102. The highest BCUT2D eigenvalue weighted by atomic mass is 32.2. The Morgan fingerprint density at radius 2 is 1.77 bits per heavy atom. The number of anilines is 1. The lowest BCUT2D eigenvalue weighted by Gasteiger charge is -2.08. The third-order valence-electron chi connectivity index (χ3n) is 3.63. The van der Waals surface area contributed by atoms with Crippen molar-refractivity contribution in [1.29, 1.82) is 0 Å². The molecule has 0 aromatic heterocycles. The molecule has 0 fully saturated rings. The normalized spacial score (nSPS) is 11.1. The van der Waals surface area contributed by atoms with Crippen molar-refractivity contribution < 1.29 is 22.4 Å². The average Bonchev–Trinajstić information content (AvgIpc) is 2.56. The van der Waals surface area contributed by atoms with Gasteiger partial charge in [-0.25, -0.2) is 12.8 Å². The number of halogens is 1. The molecule has 138 valence electrons. The molecule has 26 heavy (non-hydrogen) atoms. The molecule has 8 heteroatoms. The zero-order valence-corrected chi connectivity index (χ0v) is 14.8. The van der Waals surface area contributed by atoms with Crippen LogP contribution in [0, 0.1) is 5.82 Å². The van der Waals surface area contributed by atoms with E-state index in [1.165, 1.54) is 6.07 Å². The molecule has 0 atom stereocenters. The minimum atomic E-state index is -3.58. The van der Waals surface area contributed by atoms with Crippen molar-refractivity contribution in [1.82, 2.24) is 0 Å². The Hall–Kier alpha value is -2.74. The summed E-state index contributed by atoms with van der Waals surface area (Å²) in [6.45, 7) is 0. The highest BCUT2D eigenvalue weighted by Gasteiger charge is 2.17. The Labute approximate surface area is 151 Å². The fourth-order valence-electron chi connectivity index (χ4n) is 2.40. The second-order valence-electron chi connectivity index (χ2n) is 5.79. The summed E-state index contributed by atoms with van der Waals surface area (Å²) in [7, 11) is -3.58. The van der Waals surface area contributed by atoms with Crippen molar-refractivity contribution in [3.63, 3.8) is 0 Å². The van der Waals surface area contributed by atoms with Crippen molar-refractivity contribution >= 4 is 27.3 Å². The highest BCUT2D eigenvalue weighted by molar-refractivity contribution is 7.92. The molecule has 3 N–H and O–H groups in total. The van der Waals surface area contributed by atoms with Gasteiger partial charge in [-0.15, -0.1) is 0 Å². The van der Waals surface area contributed by atoms with Gasteiger partial charge in [0.1, 0.15) is 11.6 Å². The van der Waals surface area contributed by atoms with Crippen LogP contribution in [0.1, 0.15) is 22.3 Å². The molecule has 0 unspecified atom stereocenters. The Bertz CT molecular complexity index is 899. The third-order valence-corrected chi connectivity index (χ3v) is 5.24. The van der Waals surface area contributed by atoms with Gasteiger partial charge in [0, 0.05) is 5.69 Å². The van der Waals surface area contributed by atoms with E-state index >= 15 is 0 Å². The molecule has 0 aliphatic carbocycles. The summed E-state index contributed by atoms with van der Waals surface area (Å²) >= 11 is 0. The van der Waals surface area contributed by atoms with Crippen molar-refractivity contribution in [3.8, 4) is 0 Å². The van der Waals surface area contributed by atoms with Gasteiger partial charge in [0.05, 0.1) is 11.3 Å². The molecule has 0 radical (unpaired) electrons. The molecular weight excluding hydrogens is 359 g/mol. The number of benzene rings is 2. The van der Waals surface area contributed by atoms with Gasteiger partial charge in [0.15, 0.2) is 9.84 Å². The summed E-state index contributed by atoms with van der Waals surface area (Å²) in [4.78, 5) is 23.0. The van der Waals surface area contributed by atoms with E-state index in [0.29, 0.717) is 12.8 Å². The van der Waals surface area contributed by atoms with Gasteiger partial charge >= 0.3 is 0 Å². The molecule has 2 aromatic carbocycles. The smallest absolute Gasteiger partial charge is 0.251 e. The molecule has 2 rings (SSSR count). The molecular formula is C18H19FN2O4S. The van der Waals surface area contributed by atoms with Crippen LogP contribution < -0.4 is 11.1 Å². The first kappa shape index (κ1) is 19.6. The Kier molecular flexibility index (Phi) is 6.46. The summed E-state index contributed by atoms with van der Waals surface area (Å²) < 4.78 is 37.5. The molecule has 0 bridgehead atoms. The van der Waals surface area contributed by atoms with E-state index in [-0.39, 0.29) is 17.0 Å². The lowest BCUT2D eigenvalue weighted by Crippen LogP contribution is -2.25. The second-order valence-corrected chi connectivity index (χ2v) is 7.97. The number of aryl methyl sites for hydroxylation is 1. The van der Waals surface area contributed by atoms with Gasteiger partial charge in [-0.05, 0) is 36.6 Å². The van der Waals surface area contributed by atoms with Gasteiger partial charge in [-0.1, -0.05) is 30.3 Å². The van der Waals surface area contributed by atoms with Gasteiger partial charge in [0.25, 0.3) is 5.91 Å². The van der Waals surface area contributed by atoms with Crippen molar-refractivity contribution in [2.24, 2.45) is 5.73 Å². The van der Waals surface area contributed by atoms with E-state index in [9.17, 15) is 22.4 Å². The van der Waals surface area contributed by atoms with E-state index in [4.69, 9.17) is 5.73 Å². The van der Waals surface area contributed by atoms with Gasteiger partial charge in [0.2, 0.25) is 5.91 Å². The maximum atomic E-state index is 13.4. The number of carbonyl (C=O) groups excluding carboxylic acids is 2. The number of carbonyl (C=O) groups is 2. The van der Waals surface area contributed by atoms with Gasteiger partial charge in [-0.3, -0.25) is 9.59 Å². The first-order chi connectivity index (χ1) is 12.3. The number of sulfone groups is 1. The summed E-state index contributed by atoms with van der Waals surface area (Å²) in [6, 6.07) is 12.7. The van der Waals surface area contributed by atoms with Crippen LogP contribution in [0.2, 0.25) is 0 Å². The van der Waals surface area contributed by atoms with Crippen LogP contribution in [0.25, 0.3) is 0 Å². The molecule has 0 heterocycles. The molecule has 0 aliphatic heterocycles. The van der Waals surface area contributed by atoms with E-state index in [1.807, 2.05) is 30.3 Å². The maximum absolute atomic E-state index is 13.4. The standard InChI is InChI=1S/C18H19FN2O4S/c19-16-9-8-14(11-15(16)18(20)23)21-17(22)12-26(24,25)10-4-7-13-5-2-1-3-6-13/h1-3,5-6,8-9,11H,4,7,10,12H2,(H2,20,23)(H,21,22). The fraction of sp³-hybridized carbons (Fsp3) is 0.222. The Balaban J connectivity index is 1.90. The minimum Gasteiger partial charge on any atom is -0.366 e. The third kappa shape index (κ3) is 5.96. The van der Waals surface area contributed by atoms with E-state index in [0.717, 1.165) is 17.7 Å². The topological polar surface area (TPSA) is 106 Å². The zero-order valence-electron chi connectivity index (χ0n) is 13.9. The number of primary amides is 1. The summed E-state index contributed by atoms with van der Waals surface area (Å²) in [5.74, 6) is -3.36. The van der Waals surface area contributed by atoms with Crippen molar-refractivity contribution in [2.75, 3.05) is 16.8 Å². The Morgan fingerprint density at radius 3 is 2.42 bits per heavy atom. The molecule has 6 nitrogen and oxygen atoms in total. The van der Waals surface area contributed by atoms with E-state index in [2.05, 4.69) is 5.32 Å². The number of hydrogen-bond donors (Lipinski definition) is 2. The van der Waals surface area contributed by atoms with Crippen LogP contribution in [0.5, 0.6) is 0 Å². The largest absolute Gasteiger partial charge is 0.366 e. The first-order valence-electron chi connectivity index (χ1n) is 7.90. The molecule has 0 saturated heterocycles. The van der Waals surface area contributed by atoms with E-state index in [1.54, 1.807) is 0 Å². The SMILES string of the molecule is NC(=O)c1cc(NC(=O)CS(=O)(=O)CCCc2ccccc2)ccc1F. The highest BCUT2D eigenvalue weighted by Crippen LogP contribution is 2.14. The summed E-state index contributed by atoms with van der Waals surface area (Å²) in [5.41, 5.74) is 5.78. The quantitative estimate of drug-likeness (QED) is 0.732. The average molecular weight is 378 g/mol. The number of amides is 2. The number of nitrogens with one attached hydrogen (secondary N) is 1. The zero-order chi connectivity index (χ0) is 19.2. The van der Waals surface area contributed by atoms with Crippen LogP contribution in [0.3, 0.4) is 0 Å². The van der Waals surface area contributed by atoms with Crippen LogP contribution in [-0.4, -0.2) is 31.7 Å². The van der Waals surface area contributed by atoms with Crippen molar-refractivity contribution in [3.05, 3.63) is 65.5 Å². The van der Waals surface area contributed by atoms with Gasteiger partial charge < -0.3 is 11.1 Å². The summed E-state index contributed by atoms with van der Waals surface area (Å²) in [5, 5.41) is 2.34. The van der Waals surface area contributed by atoms with E-state index < -0.39 is 33.2 Å². The predicted octanol–water partition coefficient (Wildman–Crippen LogP) is 1.91. The fourth-order valence-corrected chi connectivity index (χ4v) is 3.60. The number of rotatable bonds is 8. The molecule has 0 aliphatic rings. The Morgan fingerprint density at radius 1 is 1.08 bits per heavy atom. The lowest BCUT2D eigenvalue weighted by molar-refractivity contribution is -0.113. The summed E-state index contributed by atoms with van der Waals surface area (Å²) in [6.07, 6.45) is 1.00. The molecule has 2 aromatic rings. The number of hydrogen-bond acceptors (Lipinski definition) is 4. The molecule has 0 saturated carbocycles. The molecule has 2 amide bonds. The monoisotopic (exact) mass is 378 g/mol. The first-order valence-corrected chi connectivity index (χ1v) is 9.72. The van der Waals surface area contributed by atoms with Gasteiger partial charge in [-0.2, -0.15) is 0 Å². The maximum Gasteiger partial charge on any atom is 0.251 e. The van der Waals surface area contributed by atoms with Crippen LogP contribution in [0.15, 0.2) is 48.5 Å². The second kappa shape index (κ2) is 8.57. The van der Waals surface area contributed by atoms with Crippen molar-refractivity contribution in [2.45, 2.75) is 12.8 Å². The lowest BCUT2D eigenvalue weighted by atomic mass is 10.1. The van der Waals surface area contributed by atoms with Crippen LogP contribution >= 0.6 is 0 Å². The molecule has 0 spiro atoms. The number of nitrogens with two attached hydrogens (primary N) is 1.